The maximum absolute atomic E-state index is 12.6. The van der Waals surface area contributed by atoms with Gasteiger partial charge in [0.1, 0.15) is 5.60 Å². The van der Waals surface area contributed by atoms with E-state index in [4.69, 9.17) is 4.74 Å². The lowest BCUT2D eigenvalue weighted by atomic mass is 9.85. The van der Waals surface area contributed by atoms with E-state index in [1.165, 1.54) is 0 Å². The largest absolute Gasteiger partial charge is 0.481 e. The number of unbranched alkanes of at least 4 members (excludes halogenated alkanes) is 1. The lowest BCUT2D eigenvalue weighted by molar-refractivity contribution is -0.166. The third kappa shape index (κ3) is 8.01. The molecule has 1 aromatic carbocycles. The number of carboxylic acids is 1. The van der Waals surface area contributed by atoms with Crippen molar-refractivity contribution in [2.24, 2.45) is 11.8 Å². The van der Waals surface area contributed by atoms with Crippen LogP contribution in [0.4, 0.5) is 0 Å². The molecule has 1 N–H and O–H groups in total. The summed E-state index contributed by atoms with van der Waals surface area (Å²) in [6, 6.07) is 9.74. The van der Waals surface area contributed by atoms with Gasteiger partial charge in [-0.05, 0) is 39.2 Å². The number of allylic oxidation sites excluding steroid dienone is 1. The van der Waals surface area contributed by atoms with Crippen molar-refractivity contribution in [1.82, 2.24) is 0 Å². The fourth-order valence-electron chi connectivity index (χ4n) is 2.64. The molecular formula is C21H30O4. The van der Waals surface area contributed by atoms with Gasteiger partial charge in [-0.2, -0.15) is 0 Å². The molecule has 0 aromatic heterocycles. The third-order valence-corrected chi connectivity index (χ3v) is 3.88. The standard InChI is InChI=1S/C21H30O4/c1-5-6-14-17(19(22)23)18(20(24)25-21(2,3)4)15-10-13-16-11-8-7-9-12-16/h7-13,17-18H,5-6,14-15H2,1-4H3,(H,22,23)/t17?,18-/m1/s1. The number of carbonyl (C=O) groups excluding carboxylic acids is 1. The van der Waals surface area contributed by atoms with Crippen LogP contribution in [-0.2, 0) is 14.3 Å². The average molecular weight is 346 g/mol. The maximum atomic E-state index is 12.6. The van der Waals surface area contributed by atoms with Crippen LogP contribution in [0.25, 0.3) is 6.08 Å². The van der Waals surface area contributed by atoms with Gasteiger partial charge < -0.3 is 9.84 Å². The lowest BCUT2D eigenvalue weighted by Gasteiger charge is -2.26. The number of benzene rings is 1. The topological polar surface area (TPSA) is 63.6 Å². The maximum Gasteiger partial charge on any atom is 0.310 e. The quantitative estimate of drug-likeness (QED) is 0.643. The van der Waals surface area contributed by atoms with Crippen LogP contribution in [0.15, 0.2) is 36.4 Å². The van der Waals surface area contributed by atoms with E-state index < -0.39 is 29.4 Å². The van der Waals surface area contributed by atoms with Crippen LogP contribution in [0.1, 0.15) is 58.9 Å². The molecule has 4 nitrogen and oxygen atoms in total. The Morgan fingerprint density at radius 2 is 1.80 bits per heavy atom. The zero-order valence-electron chi connectivity index (χ0n) is 15.7. The van der Waals surface area contributed by atoms with E-state index in [1.54, 1.807) is 20.8 Å². The van der Waals surface area contributed by atoms with E-state index in [0.29, 0.717) is 12.8 Å². The van der Waals surface area contributed by atoms with E-state index in [-0.39, 0.29) is 0 Å². The number of carbonyl (C=O) groups is 2. The van der Waals surface area contributed by atoms with Crippen LogP contribution < -0.4 is 0 Å². The second-order valence-corrected chi connectivity index (χ2v) is 7.28. The first-order valence-corrected chi connectivity index (χ1v) is 8.92. The van der Waals surface area contributed by atoms with Gasteiger partial charge in [-0.1, -0.05) is 62.2 Å². The number of rotatable bonds is 9. The van der Waals surface area contributed by atoms with Crippen molar-refractivity contribution in [1.29, 1.82) is 0 Å². The summed E-state index contributed by atoms with van der Waals surface area (Å²) >= 11 is 0. The molecule has 0 bridgehead atoms. The minimum absolute atomic E-state index is 0.352. The molecule has 25 heavy (non-hydrogen) atoms. The number of esters is 1. The van der Waals surface area contributed by atoms with Crippen molar-refractivity contribution < 1.29 is 19.4 Å². The highest BCUT2D eigenvalue weighted by molar-refractivity contribution is 5.81. The van der Waals surface area contributed by atoms with Crippen LogP contribution >= 0.6 is 0 Å². The minimum Gasteiger partial charge on any atom is -0.481 e. The second-order valence-electron chi connectivity index (χ2n) is 7.28. The lowest BCUT2D eigenvalue weighted by Crippen LogP contribution is -2.35. The molecule has 0 aliphatic rings. The molecule has 0 fully saturated rings. The number of hydrogen-bond donors (Lipinski definition) is 1. The van der Waals surface area contributed by atoms with Crippen LogP contribution in [0.2, 0.25) is 0 Å². The van der Waals surface area contributed by atoms with Gasteiger partial charge in [0.25, 0.3) is 0 Å². The van der Waals surface area contributed by atoms with Crippen molar-refractivity contribution in [2.45, 2.75) is 59.0 Å². The van der Waals surface area contributed by atoms with E-state index in [2.05, 4.69) is 0 Å². The number of hydrogen-bond acceptors (Lipinski definition) is 3. The molecular weight excluding hydrogens is 316 g/mol. The molecule has 138 valence electrons. The van der Waals surface area contributed by atoms with Crippen molar-refractivity contribution in [3.63, 3.8) is 0 Å². The first-order valence-electron chi connectivity index (χ1n) is 8.92. The molecule has 0 spiro atoms. The Kier molecular flexibility index (Phi) is 8.39. The first-order chi connectivity index (χ1) is 11.7. The number of carboxylic acid groups (broad SMARTS) is 1. The van der Waals surface area contributed by atoms with Gasteiger partial charge >= 0.3 is 11.9 Å². The monoisotopic (exact) mass is 346 g/mol. The van der Waals surface area contributed by atoms with Crippen molar-refractivity contribution >= 4 is 18.0 Å². The Hall–Kier alpha value is -2.10. The third-order valence-electron chi connectivity index (χ3n) is 3.88. The van der Waals surface area contributed by atoms with Crippen LogP contribution in [0.3, 0.4) is 0 Å². The summed E-state index contributed by atoms with van der Waals surface area (Å²) in [5, 5.41) is 9.60. The first kappa shape index (κ1) is 20.9. The summed E-state index contributed by atoms with van der Waals surface area (Å²) in [4.78, 5) is 24.3. The second kappa shape index (κ2) is 10.0. The molecule has 0 saturated heterocycles. The van der Waals surface area contributed by atoms with Crippen LogP contribution in [0.5, 0.6) is 0 Å². The highest BCUT2D eigenvalue weighted by atomic mass is 16.6. The summed E-state index contributed by atoms with van der Waals surface area (Å²) in [5.41, 5.74) is 0.387. The SMILES string of the molecule is CCCCC(C(=O)O)[C@@H](CC=Cc1ccccc1)C(=O)OC(C)(C)C. The highest BCUT2D eigenvalue weighted by Crippen LogP contribution is 2.26. The Labute approximate surface area is 150 Å². The van der Waals surface area contributed by atoms with Gasteiger partial charge in [0, 0.05) is 0 Å². The minimum atomic E-state index is -0.933. The summed E-state index contributed by atoms with van der Waals surface area (Å²) < 4.78 is 5.48. The zero-order valence-corrected chi connectivity index (χ0v) is 15.7. The molecule has 0 amide bonds. The zero-order chi connectivity index (χ0) is 18.9. The van der Waals surface area contributed by atoms with E-state index in [1.807, 2.05) is 49.4 Å². The molecule has 2 atom stereocenters. The van der Waals surface area contributed by atoms with Gasteiger partial charge in [0.2, 0.25) is 0 Å². The number of ether oxygens (including phenoxy) is 1. The van der Waals surface area contributed by atoms with Gasteiger partial charge in [-0.3, -0.25) is 9.59 Å². The van der Waals surface area contributed by atoms with Crippen molar-refractivity contribution in [3.05, 3.63) is 42.0 Å². The van der Waals surface area contributed by atoms with Crippen molar-refractivity contribution in [2.75, 3.05) is 0 Å². The summed E-state index contributed by atoms with van der Waals surface area (Å²) in [6.07, 6.45) is 6.28. The summed E-state index contributed by atoms with van der Waals surface area (Å²) in [7, 11) is 0. The predicted molar refractivity (Wildman–Crippen MR) is 100 cm³/mol. The molecule has 4 heteroatoms. The van der Waals surface area contributed by atoms with E-state index >= 15 is 0 Å². The molecule has 0 heterocycles. The Morgan fingerprint density at radius 1 is 1.16 bits per heavy atom. The molecule has 1 unspecified atom stereocenters. The molecule has 0 aliphatic carbocycles. The van der Waals surface area contributed by atoms with Gasteiger partial charge in [-0.15, -0.1) is 0 Å². The number of aliphatic carboxylic acids is 1. The van der Waals surface area contributed by atoms with Gasteiger partial charge in [-0.25, -0.2) is 0 Å². The Balaban J connectivity index is 2.94. The van der Waals surface area contributed by atoms with Crippen LogP contribution in [0, 0.1) is 11.8 Å². The molecule has 0 radical (unpaired) electrons. The molecule has 0 aliphatic heterocycles. The normalized spacial score (nSPS) is 14.2. The van der Waals surface area contributed by atoms with Crippen molar-refractivity contribution in [3.8, 4) is 0 Å². The average Bonchev–Trinajstić information content (AvgIpc) is 2.52. The van der Waals surface area contributed by atoms with Gasteiger partial charge in [0.05, 0.1) is 11.8 Å². The molecule has 0 saturated carbocycles. The predicted octanol–water partition coefficient (Wildman–Crippen LogP) is 4.94. The smallest absolute Gasteiger partial charge is 0.310 e. The van der Waals surface area contributed by atoms with Crippen LogP contribution in [-0.4, -0.2) is 22.6 Å². The van der Waals surface area contributed by atoms with E-state index in [0.717, 1.165) is 18.4 Å². The summed E-state index contributed by atoms with van der Waals surface area (Å²) in [6.45, 7) is 7.40. The Bertz CT molecular complexity index is 569. The van der Waals surface area contributed by atoms with E-state index in [9.17, 15) is 14.7 Å². The fourth-order valence-corrected chi connectivity index (χ4v) is 2.64. The summed E-state index contributed by atoms with van der Waals surface area (Å²) in [5.74, 6) is -2.77. The molecule has 1 aromatic rings. The highest BCUT2D eigenvalue weighted by Gasteiger charge is 2.35. The molecule has 1 rings (SSSR count). The fraction of sp³-hybridized carbons (Fsp3) is 0.524. The Morgan fingerprint density at radius 3 is 2.32 bits per heavy atom. The van der Waals surface area contributed by atoms with Gasteiger partial charge in [0.15, 0.2) is 0 Å².